The van der Waals surface area contributed by atoms with Crippen molar-refractivity contribution in [1.29, 1.82) is 0 Å². The van der Waals surface area contributed by atoms with Crippen molar-refractivity contribution in [2.45, 2.75) is 37.4 Å². The lowest BCUT2D eigenvalue weighted by Gasteiger charge is -2.21. The first kappa shape index (κ1) is 9.54. The fraction of sp³-hybridized carbons (Fsp3) is 0.600. The summed E-state index contributed by atoms with van der Waals surface area (Å²) in [6, 6.07) is 1.83. The molecule has 0 radical (unpaired) electrons. The van der Waals surface area contributed by atoms with E-state index in [1.807, 2.05) is 0 Å². The summed E-state index contributed by atoms with van der Waals surface area (Å²) in [5, 5.41) is 6.98. The molecule has 0 aliphatic carbocycles. The van der Waals surface area contributed by atoms with Crippen LogP contribution < -0.4 is 10.6 Å². The van der Waals surface area contributed by atoms with Gasteiger partial charge in [-0.1, -0.05) is 0 Å². The number of halogens is 1. The van der Waals surface area contributed by atoms with Crippen molar-refractivity contribution < 1.29 is 0 Å². The fourth-order valence-electron chi connectivity index (χ4n) is 2.54. The van der Waals surface area contributed by atoms with E-state index in [0.717, 1.165) is 10.4 Å². The Morgan fingerprint density at radius 1 is 1.33 bits per heavy atom. The van der Waals surface area contributed by atoms with E-state index in [1.165, 1.54) is 19.3 Å². The van der Waals surface area contributed by atoms with E-state index in [1.54, 1.807) is 12.4 Å². The average Bonchev–Trinajstić information content (AvgIpc) is 2.83. The van der Waals surface area contributed by atoms with Gasteiger partial charge in [-0.15, -0.1) is 0 Å². The molecule has 3 rings (SSSR count). The van der Waals surface area contributed by atoms with E-state index in [9.17, 15) is 0 Å². The van der Waals surface area contributed by atoms with Crippen molar-refractivity contribution in [3.05, 3.63) is 16.9 Å². The first-order chi connectivity index (χ1) is 7.31. The van der Waals surface area contributed by atoms with Crippen molar-refractivity contribution in [3.63, 3.8) is 0 Å². The molecule has 0 spiro atoms. The van der Waals surface area contributed by atoms with E-state index >= 15 is 0 Å². The molecule has 80 valence electrons. The van der Waals surface area contributed by atoms with Gasteiger partial charge in [0.2, 0.25) is 5.95 Å². The van der Waals surface area contributed by atoms with Gasteiger partial charge < -0.3 is 10.6 Å². The van der Waals surface area contributed by atoms with E-state index in [0.29, 0.717) is 18.1 Å². The highest BCUT2D eigenvalue weighted by Crippen LogP contribution is 2.29. The van der Waals surface area contributed by atoms with Crippen LogP contribution >= 0.6 is 15.9 Å². The van der Waals surface area contributed by atoms with Gasteiger partial charge in [-0.25, -0.2) is 9.97 Å². The molecular weight excluding hydrogens is 256 g/mol. The number of hydrogen-bond acceptors (Lipinski definition) is 4. The first-order valence-electron chi connectivity index (χ1n) is 5.31. The lowest BCUT2D eigenvalue weighted by Crippen LogP contribution is -2.33. The van der Waals surface area contributed by atoms with Crippen molar-refractivity contribution in [1.82, 2.24) is 15.3 Å². The minimum absolute atomic E-state index is 0.505. The maximum absolute atomic E-state index is 4.23. The number of hydrogen-bond donors (Lipinski definition) is 2. The summed E-state index contributed by atoms with van der Waals surface area (Å²) in [6.07, 6.45) is 7.35. The zero-order valence-corrected chi connectivity index (χ0v) is 9.87. The summed E-state index contributed by atoms with van der Waals surface area (Å²) < 4.78 is 0.916. The quantitative estimate of drug-likeness (QED) is 0.855. The van der Waals surface area contributed by atoms with Crippen molar-refractivity contribution in [2.24, 2.45) is 0 Å². The summed E-state index contributed by atoms with van der Waals surface area (Å²) in [5.41, 5.74) is 0. The van der Waals surface area contributed by atoms with Crippen LogP contribution in [0.4, 0.5) is 5.95 Å². The maximum atomic E-state index is 4.23. The van der Waals surface area contributed by atoms with Crippen LogP contribution in [0.2, 0.25) is 0 Å². The van der Waals surface area contributed by atoms with Crippen LogP contribution in [-0.4, -0.2) is 28.1 Å². The van der Waals surface area contributed by atoms with Crippen molar-refractivity contribution in [3.8, 4) is 0 Å². The van der Waals surface area contributed by atoms with E-state index in [4.69, 9.17) is 0 Å². The van der Waals surface area contributed by atoms with Crippen LogP contribution in [0.3, 0.4) is 0 Å². The van der Waals surface area contributed by atoms with Crippen molar-refractivity contribution >= 4 is 21.9 Å². The van der Waals surface area contributed by atoms with Gasteiger partial charge in [-0.05, 0) is 35.2 Å². The molecule has 2 N–H and O–H groups in total. The van der Waals surface area contributed by atoms with Crippen LogP contribution in [-0.2, 0) is 0 Å². The summed E-state index contributed by atoms with van der Waals surface area (Å²) in [4.78, 5) is 8.46. The van der Waals surface area contributed by atoms with E-state index in [-0.39, 0.29) is 0 Å². The zero-order chi connectivity index (χ0) is 10.3. The van der Waals surface area contributed by atoms with E-state index in [2.05, 4.69) is 36.5 Å². The molecule has 0 unspecified atom stereocenters. The maximum Gasteiger partial charge on any atom is 0.222 e. The largest absolute Gasteiger partial charge is 0.350 e. The van der Waals surface area contributed by atoms with Gasteiger partial charge in [0.15, 0.2) is 0 Å². The van der Waals surface area contributed by atoms with Gasteiger partial charge in [-0.2, -0.15) is 0 Å². The van der Waals surface area contributed by atoms with Gasteiger partial charge >= 0.3 is 0 Å². The number of nitrogens with one attached hydrogen (secondary N) is 2. The lowest BCUT2D eigenvalue weighted by molar-refractivity contribution is 0.525. The number of aromatic nitrogens is 2. The monoisotopic (exact) mass is 268 g/mol. The Bertz CT molecular complexity index is 353. The second-order valence-electron chi connectivity index (χ2n) is 4.26. The third-order valence-corrected chi connectivity index (χ3v) is 3.64. The normalized spacial score (nSPS) is 33.3. The highest BCUT2D eigenvalue weighted by Gasteiger charge is 2.39. The van der Waals surface area contributed by atoms with Gasteiger partial charge in [0, 0.05) is 30.5 Å². The highest BCUT2D eigenvalue weighted by molar-refractivity contribution is 9.10. The van der Waals surface area contributed by atoms with Gasteiger partial charge in [-0.3, -0.25) is 0 Å². The molecule has 2 saturated heterocycles. The van der Waals surface area contributed by atoms with Crippen LogP contribution in [0.1, 0.15) is 19.3 Å². The molecule has 2 fully saturated rings. The molecule has 0 aromatic carbocycles. The minimum Gasteiger partial charge on any atom is -0.350 e. The topological polar surface area (TPSA) is 49.8 Å². The Kier molecular flexibility index (Phi) is 2.36. The molecule has 2 bridgehead atoms. The summed E-state index contributed by atoms with van der Waals surface area (Å²) in [5.74, 6) is 0.734. The Labute approximate surface area is 97.0 Å². The first-order valence-corrected chi connectivity index (χ1v) is 6.11. The molecule has 0 saturated carbocycles. The average molecular weight is 269 g/mol. The van der Waals surface area contributed by atoms with Gasteiger partial charge in [0.1, 0.15) is 0 Å². The molecule has 2 aliphatic heterocycles. The predicted octanol–water partition coefficient (Wildman–Crippen LogP) is 1.54. The molecule has 1 aromatic heterocycles. The summed E-state index contributed by atoms with van der Waals surface area (Å²) in [6.45, 7) is 0. The Balaban J connectivity index is 1.68. The Morgan fingerprint density at radius 2 is 2.13 bits per heavy atom. The van der Waals surface area contributed by atoms with Gasteiger partial charge in [0.05, 0.1) is 4.47 Å². The fourth-order valence-corrected chi connectivity index (χ4v) is 2.74. The molecule has 0 amide bonds. The van der Waals surface area contributed by atoms with Crippen molar-refractivity contribution in [2.75, 3.05) is 5.32 Å². The number of nitrogens with zero attached hydrogens (tertiary/aromatic N) is 2. The number of rotatable bonds is 2. The van der Waals surface area contributed by atoms with Gasteiger partial charge in [0.25, 0.3) is 0 Å². The molecule has 4 nitrogen and oxygen atoms in total. The number of anilines is 1. The van der Waals surface area contributed by atoms with Crippen LogP contribution in [0.15, 0.2) is 16.9 Å². The van der Waals surface area contributed by atoms with E-state index < -0.39 is 0 Å². The van der Waals surface area contributed by atoms with Crippen LogP contribution in [0, 0.1) is 0 Å². The third-order valence-electron chi connectivity index (χ3n) is 3.23. The Morgan fingerprint density at radius 3 is 2.73 bits per heavy atom. The minimum atomic E-state index is 0.505. The molecular formula is C10H13BrN4. The highest BCUT2D eigenvalue weighted by atomic mass is 79.9. The smallest absolute Gasteiger partial charge is 0.222 e. The standard InChI is InChI=1S/C10H13BrN4/c11-6-4-12-10(13-5-6)15-9-3-7-1-2-8(9)14-7/h4-5,7-9,14H,1-3H2,(H,12,13,15)/t7-,8+,9-/m1/s1. The zero-order valence-electron chi connectivity index (χ0n) is 8.28. The predicted molar refractivity (Wildman–Crippen MR) is 61.7 cm³/mol. The summed E-state index contributed by atoms with van der Waals surface area (Å²) >= 11 is 3.33. The van der Waals surface area contributed by atoms with Crippen LogP contribution in [0.5, 0.6) is 0 Å². The second-order valence-corrected chi connectivity index (χ2v) is 5.17. The molecule has 15 heavy (non-hydrogen) atoms. The second kappa shape index (κ2) is 3.72. The SMILES string of the molecule is Brc1cnc(N[C@@H]2C[C@H]3CC[C@@H]2N3)nc1. The lowest BCUT2D eigenvalue weighted by atomic mass is 9.96. The summed E-state index contributed by atoms with van der Waals surface area (Å²) in [7, 11) is 0. The molecule has 2 aliphatic rings. The molecule has 3 atom stereocenters. The third kappa shape index (κ3) is 1.86. The number of fused-ring (bicyclic) bond motifs is 2. The van der Waals surface area contributed by atoms with Crippen LogP contribution in [0.25, 0.3) is 0 Å². The Hall–Kier alpha value is -0.680. The molecule has 5 heteroatoms. The molecule has 3 heterocycles. The molecule has 1 aromatic rings.